The van der Waals surface area contributed by atoms with E-state index in [4.69, 9.17) is 0 Å². The molecule has 0 spiro atoms. The third-order valence-electron chi connectivity index (χ3n) is 1.02. The van der Waals surface area contributed by atoms with E-state index in [-0.39, 0.29) is 6.17 Å². The highest BCUT2D eigenvalue weighted by Crippen LogP contribution is 1.87. The first kappa shape index (κ1) is 5.44. The highest BCUT2D eigenvalue weighted by atomic mass is 16.1. The summed E-state index contributed by atoms with van der Waals surface area (Å²) in [5.41, 5.74) is 0. The third-order valence-corrected chi connectivity index (χ3v) is 1.02. The second-order valence-corrected chi connectivity index (χ2v) is 1.66. The Bertz CT molecular complexity index is 111. The predicted molar refractivity (Wildman–Crippen MR) is 31.0 cm³/mol. The average Bonchev–Trinajstić information content (AvgIpc) is 1.90. The van der Waals surface area contributed by atoms with Crippen LogP contribution < -0.4 is 5.32 Å². The van der Waals surface area contributed by atoms with E-state index in [1.807, 2.05) is 0 Å². The molecule has 1 unspecified atom stereocenters. The zero-order valence-corrected chi connectivity index (χ0v) is 4.50. The molecule has 0 aliphatic carbocycles. The van der Waals surface area contributed by atoms with Crippen molar-refractivity contribution in [1.29, 1.82) is 0 Å². The number of aldehydes is 1. The fourth-order valence-electron chi connectivity index (χ4n) is 0.620. The molecule has 1 N–H and O–H groups in total. The van der Waals surface area contributed by atoms with Crippen molar-refractivity contribution in [3.63, 3.8) is 0 Å². The Hall–Kier alpha value is -0.700. The zero-order valence-electron chi connectivity index (χ0n) is 4.50. The van der Waals surface area contributed by atoms with Crippen LogP contribution in [0.2, 0.25) is 0 Å². The molecule has 3 nitrogen and oxygen atoms in total. The summed E-state index contributed by atoms with van der Waals surface area (Å²) in [5, 5.41) is 2.90. The van der Waals surface area contributed by atoms with Crippen molar-refractivity contribution in [1.82, 2.24) is 5.32 Å². The summed E-state index contributed by atoms with van der Waals surface area (Å²) in [6.07, 6.45) is 3.24. The van der Waals surface area contributed by atoms with Gasteiger partial charge in [0.05, 0.1) is 0 Å². The highest BCUT2D eigenvalue weighted by molar-refractivity contribution is 5.66. The van der Waals surface area contributed by atoms with E-state index in [9.17, 15) is 4.79 Å². The Morgan fingerprint density at radius 3 is 3.12 bits per heavy atom. The monoisotopic (exact) mass is 112 g/mol. The fraction of sp³-hybridized carbons (Fsp3) is 0.600. The summed E-state index contributed by atoms with van der Waals surface area (Å²) in [4.78, 5) is 13.8. The molecule has 0 bridgehead atoms. The first-order valence-electron chi connectivity index (χ1n) is 2.64. The molecular weight excluding hydrogens is 104 g/mol. The SMILES string of the molecule is O=CC1N=CCCN1. The molecule has 0 saturated carbocycles. The summed E-state index contributed by atoms with van der Waals surface area (Å²) in [5.74, 6) is 0. The average molecular weight is 112 g/mol. The van der Waals surface area contributed by atoms with Gasteiger partial charge in [0.15, 0.2) is 12.5 Å². The number of nitrogens with one attached hydrogen (secondary N) is 1. The van der Waals surface area contributed by atoms with Crippen LogP contribution in [-0.4, -0.2) is 25.2 Å². The molecule has 1 heterocycles. The van der Waals surface area contributed by atoms with Crippen LogP contribution in [0.3, 0.4) is 0 Å². The molecule has 0 aromatic rings. The maximum atomic E-state index is 9.98. The van der Waals surface area contributed by atoms with E-state index in [2.05, 4.69) is 10.3 Å². The largest absolute Gasteiger partial charge is 0.299 e. The molecular formula is C5H8N2O. The van der Waals surface area contributed by atoms with Gasteiger partial charge in [-0.15, -0.1) is 0 Å². The van der Waals surface area contributed by atoms with Crippen molar-refractivity contribution in [3.8, 4) is 0 Å². The van der Waals surface area contributed by atoms with Gasteiger partial charge in [0.1, 0.15) is 0 Å². The molecule has 0 amide bonds. The number of carbonyl (C=O) groups excluding carboxylic acids is 1. The van der Waals surface area contributed by atoms with Gasteiger partial charge in [0, 0.05) is 12.8 Å². The van der Waals surface area contributed by atoms with Gasteiger partial charge in [-0.05, 0) is 6.42 Å². The molecule has 3 heteroatoms. The Morgan fingerprint density at radius 2 is 2.75 bits per heavy atom. The number of hydrogen-bond acceptors (Lipinski definition) is 3. The van der Waals surface area contributed by atoms with E-state index >= 15 is 0 Å². The molecule has 1 atom stereocenters. The van der Waals surface area contributed by atoms with E-state index in [0.717, 1.165) is 19.3 Å². The second kappa shape index (κ2) is 2.57. The molecule has 0 fully saturated rings. The summed E-state index contributed by atoms with van der Waals surface area (Å²) in [6, 6.07) is 0. The van der Waals surface area contributed by atoms with Crippen molar-refractivity contribution in [2.24, 2.45) is 4.99 Å². The van der Waals surface area contributed by atoms with Crippen LogP contribution in [0.1, 0.15) is 6.42 Å². The highest BCUT2D eigenvalue weighted by Gasteiger charge is 2.03. The normalized spacial score (nSPS) is 27.8. The minimum atomic E-state index is -0.274. The van der Waals surface area contributed by atoms with Gasteiger partial charge in [-0.2, -0.15) is 0 Å². The van der Waals surface area contributed by atoms with E-state index in [1.165, 1.54) is 0 Å². The lowest BCUT2D eigenvalue weighted by molar-refractivity contribution is -0.109. The summed E-state index contributed by atoms with van der Waals surface area (Å²) >= 11 is 0. The van der Waals surface area contributed by atoms with Crippen LogP contribution in [0.4, 0.5) is 0 Å². The van der Waals surface area contributed by atoms with E-state index in [0.29, 0.717) is 0 Å². The van der Waals surface area contributed by atoms with Crippen LogP contribution in [0.25, 0.3) is 0 Å². The number of rotatable bonds is 1. The smallest absolute Gasteiger partial charge is 0.159 e. The molecule has 44 valence electrons. The fourth-order valence-corrected chi connectivity index (χ4v) is 0.620. The maximum Gasteiger partial charge on any atom is 0.159 e. The van der Waals surface area contributed by atoms with Crippen molar-refractivity contribution in [2.75, 3.05) is 6.54 Å². The van der Waals surface area contributed by atoms with Crippen LogP contribution in [0.5, 0.6) is 0 Å². The number of nitrogens with zero attached hydrogens (tertiary/aromatic N) is 1. The third kappa shape index (κ3) is 1.13. The lowest BCUT2D eigenvalue weighted by Crippen LogP contribution is -2.32. The second-order valence-electron chi connectivity index (χ2n) is 1.66. The van der Waals surface area contributed by atoms with Gasteiger partial charge in [-0.25, -0.2) is 0 Å². The van der Waals surface area contributed by atoms with Crippen molar-refractivity contribution in [3.05, 3.63) is 0 Å². The molecule has 0 saturated heterocycles. The molecule has 0 aromatic carbocycles. The number of aliphatic imine (C=N–C) groups is 1. The predicted octanol–water partition coefficient (Wildman–Crippen LogP) is -0.425. The van der Waals surface area contributed by atoms with E-state index < -0.39 is 0 Å². The Labute approximate surface area is 47.8 Å². The van der Waals surface area contributed by atoms with Crippen molar-refractivity contribution in [2.45, 2.75) is 12.6 Å². The lowest BCUT2D eigenvalue weighted by Gasteiger charge is -2.10. The molecule has 1 aliphatic rings. The molecule has 0 radical (unpaired) electrons. The minimum Gasteiger partial charge on any atom is -0.299 e. The van der Waals surface area contributed by atoms with Crippen molar-refractivity contribution < 1.29 is 4.79 Å². The lowest BCUT2D eigenvalue weighted by atomic mass is 10.4. The van der Waals surface area contributed by atoms with Crippen LogP contribution in [0, 0.1) is 0 Å². The van der Waals surface area contributed by atoms with Gasteiger partial charge in [-0.3, -0.25) is 15.1 Å². The Kier molecular flexibility index (Phi) is 1.75. The standard InChI is InChI=1S/C5H8N2O/c8-4-5-6-2-1-3-7-5/h2,4-5,7H,1,3H2. The quantitative estimate of drug-likeness (QED) is 0.468. The zero-order chi connectivity index (χ0) is 5.82. The van der Waals surface area contributed by atoms with Gasteiger partial charge in [0.2, 0.25) is 0 Å². The van der Waals surface area contributed by atoms with Crippen LogP contribution in [-0.2, 0) is 4.79 Å². The van der Waals surface area contributed by atoms with Gasteiger partial charge in [0.25, 0.3) is 0 Å². The van der Waals surface area contributed by atoms with Gasteiger partial charge in [-0.1, -0.05) is 0 Å². The van der Waals surface area contributed by atoms with Gasteiger partial charge < -0.3 is 0 Å². The first-order chi connectivity index (χ1) is 3.93. The Balaban J connectivity index is 2.42. The summed E-state index contributed by atoms with van der Waals surface area (Å²) in [6.45, 7) is 0.868. The first-order valence-corrected chi connectivity index (χ1v) is 2.64. The molecule has 1 aliphatic heterocycles. The van der Waals surface area contributed by atoms with Gasteiger partial charge >= 0.3 is 0 Å². The Morgan fingerprint density at radius 1 is 1.88 bits per heavy atom. The topological polar surface area (TPSA) is 41.5 Å². The van der Waals surface area contributed by atoms with E-state index in [1.54, 1.807) is 6.21 Å². The molecule has 0 aromatic heterocycles. The minimum absolute atomic E-state index is 0.274. The van der Waals surface area contributed by atoms with Crippen LogP contribution in [0.15, 0.2) is 4.99 Å². The maximum absolute atomic E-state index is 9.98. The number of carbonyl (C=O) groups is 1. The molecule has 1 rings (SSSR count). The summed E-state index contributed by atoms with van der Waals surface area (Å²) < 4.78 is 0. The summed E-state index contributed by atoms with van der Waals surface area (Å²) in [7, 11) is 0. The van der Waals surface area contributed by atoms with Crippen molar-refractivity contribution >= 4 is 12.5 Å². The number of hydrogen-bond donors (Lipinski definition) is 1. The molecule has 8 heavy (non-hydrogen) atoms. The van der Waals surface area contributed by atoms with Crippen LogP contribution >= 0.6 is 0 Å².